The lowest BCUT2D eigenvalue weighted by Gasteiger charge is -2.34. The highest BCUT2D eigenvalue weighted by molar-refractivity contribution is 7.09. The van der Waals surface area contributed by atoms with E-state index >= 15 is 0 Å². The molecule has 7 heteroatoms. The van der Waals surface area contributed by atoms with Crippen LogP contribution in [-0.4, -0.2) is 48.1 Å². The second-order valence-corrected chi connectivity index (χ2v) is 5.18. The fraction of sp³-hybridized carbons (Fsp3) is 0.545. The SMILES string of the molecule is O=C(N1CCN(Cc2cccs2)CC1)C(F)(F)F. The van der Waals surface area contributed by atoms with E-state index in [2.05, 4.69) is 4.90 Å². The van der Waals surface area contributed by atoms with E-state index in [1.54, 1.807) is 11.3 Å². The van der Waals surface area contributed by atoms with Crippen molar-refractivity contribution < 1.29 is 18.0 Å². The van der Waals surface area contributed by atoms with Gasteiger partial charge < -0.3 is 4.90 Å². The first-order valence-corrected chi connectivity index (χ1v) is 6.45. The lowest BCUT2D eigenvalue weighted by Crippen LogP contribution is -2.51. The molecule has 1 aromatic heterocycles. The van der Waals surface area contributed by atoms with Crippen molar-refractivity contribution in [1.82, 2.24) is 9.80 Å². The largest absolute Gasteiger partial charge is 0.471 e. The molecule has 0 spiro atoms. The summed E-state index contributed by atoms with van der Waals surface area (Å²) in [5.74, 6) is -1.72. The molecule has 0 radical (unpaired) electrons. The number of carbonyl (C=O) groups excluding carboxylic acids is 1. The van der Waals surface area contributed by atoms with Crippen LogP contribution in [0.1, 0.15) is 4.88 Å². The third-order valence-electron chi connectivity index (χ3n) is 2.86. The van der Waals surface area contributed by atoms with Gasteiger partial charge in [0.25, 0.3) is 0 Å². The van der Waals surface area contributed by atoms with Crippen LogP contribution in [0, 0.1) is 0 Å². The molecule has 3 nitrogen and oxygen atoms in total. The van der Waals surface area contributed by atoms with Crippen molar-refractivity contribution in [2.24, 2.45) is 0 Å². The molecule has 1 aromatic rings. The van der Waals surface area contributed by atoms with Crippen LogP contribution in [0.25, 0.3) is 0 Å². The molecular formula is C11H13F3N2OS. The maximum Gasteiger partial charge on any atom is 0.471 e. The Balaban J connectivity index is 1.83. The number of halogens is 3. The second kappa shape index (κ2) is 5.27. The number of amides is 1. The van der Waals surface area contributed by atoms with Gasteiger partial charge in [-0.3, -0.25) is 9.69 Å². The van der Waals surface area contributed by atoms with E-state index in [4.69, 9.17) is 0 Å². The molecule has 0 unspecified atom stereocenters. The molecule has 0 saturated carbocycles. The highest BCUT2D eigenvalue weighted by atomic mass is 32.1. The van der Waals surface area contributed by atoms with Crippen molar-refractivity contribution in [3.8, 4) is 0 Å². The van der Waals surface area contributed by atoms with Crippen LogP contribution in [-0.2, 0) is 11.3 Å². The molecule has 1 fully saturated rings. The molecule has 0 atom stereocenters. The van der Waals surface area contributed by atoms with Crippen LogP contribution in [0.5, 0.6) is 0 Å². The van der Waals surface area contributed by atoms with Gasteiger partial charge >= 0.3 is 12.1 Å². The summed E-state index contributed by atoms with van der Waals surface area (Å²) in [6, 6.07) is 3.95. The number of nitrogens with zero attached hydrogens (tertiary/aromatic N) is 2. The number of hydrogen-bond donors (Lipinski definition) is 0. The first kappa shape index (κ1) is 13.4. The topological polar surface area (TPSA) is 23.6 Å². The predicted octanol–water partition coefficient (Wildman–Crippen LogP) is 1.95. The summed E-state index contributed by atoms with van der Waals surface area (Å²) >= 11 is 1.63. The highest BCUT2D eigenvalue weighted by Gasteiger charge is 2.43. The minimum absolute atomic E-state index is 0.143. The zero-order chi connectivity index (χ0) is 13.2. The predicted molar refractivity (Wildman–Crippen MR) is 62.2 cm³/mol. The van der Waals surface area contributed by atoms with Crippen molar-refractivity contribution in [1.29, 1.82) is 0 Å². The molecule has 100 valence electrons. The summed E-state index contributed by atoms with van der Waals surface area (Å²) in [6.07, 6.45) is -4.75. The monoisotopic (exact) mass is 278 g/mol. The minimum atomic E-state index is -4.75. The van der Waals surface area contributed by atoms with Gasteiger partial charge in [0, 0.05) is 37.6 Å². The third-order valence-corrected chi connectivity index (χ3v) is 3.72. The van der Waals surface area contributed by atoms with Crippen LogP contribution in [0.15, 0.2) is 17.5 Å². The Labute approximate surface area is 107 Å². The highest BCUT2D eigenvalue weighted by Crippen LogP contribution is 2.20. The van der Waals surface area contributed by atoms with Gasteiger partial charge in [0.1, 0.15) is 0 Å². The second-order valence-electron chi connectivity index (χ2n) is 4.15. The maximum atomic E-state index is 12.2. The molecule has 0 N–H and O–H groups in total. The molecule has 0 bridgehead atoms. The Morgan fingerprint density at radius 2 is 1.94 bits per heavy atom. The van der Waals surface area contributed by atoms with Crippen LogP contribution in [0.2, 0.25) is 0 Å². The normalized spacial score (nSPS) is 18.1. The van der Waals surface area contributed by atoms with Crippen molar-refractivity contribution in [2.45, 2.75) is 12.7 Å². The zero-order valence-electron chi connectivity index (χ0n) is 9.61. The standard InChI is InChI=1S/C11H13F3N2OS/c12-11(13,14)10(17)16-5-3-15(4-6-16)8-9-2-1-7-18-9/h1-2,7H,3-6,8H2. The van der Waals surface area contributed by atoms with Gasteiger partial charge in [0.2, 0.25) is 0 Å². The van der Waals surface area contributed by atoms with E-state index in [1.807, 2.05) is 17.5 Å². The summed E-state index contributed by atoms with van der Waals surface area (Å²) in [4.78, 5) is 15.2. The van der Waals surface area contributed by atoms with E-state index in [9.17, 15) is 18.0 Å². The molecule has 1 aliphatic rings. The summed E-state index contributed by atoms with van der Waals surface area (Å²) in [7, 11) is 0. The summed E-state index contributed by atoms with van der Waals surface area (Å²) in [5, 5.41) is 1.97. The van der Waals surface area contributed by atoms with Crippen molar-refractivity contribution >= 4 is 17.2 Å². The molecule has 1 aliphatic heterocycles. The lowest BCUT2D eigenvalue weighted by molar-refractivity contribution is -0.187. The number of hydrogen-bond acceptors (Lipinski definition) is 3. The van der Waals surface area contributed by atoms with E-state index in [0.717, 1.165) is 11.4 Å². The van der Waals surface area contributed by atoms with Gasteiger partial charge in [-0.2, -0.15) is 13.2 Å². The Hall–Kier alpha value is -1.08. The van der Waals surface area contributed by atoms with Crippen LogP contribution >= 0.6 is 11.3 Å². The summed E-state index contributed by atoms with van der Waals surface area (Å²) < 4.78 is 36.7. The quantitative estimate of drug-likeness (QED) is 0.825. The van der Waals surface area contributed by atoms with Crippen LogP contribution in [0.4, 0.5) is 13.2 Å². The first-order valence-electron chi connectivity index (χ1n) is 5.57. The van der Waals surface area contributed by atoms with E-state index in [1.165, 1.54) is 4.88 Å². The van der Waals surface area contributed by atoms with Gasteiger partial charge in [-0.15, -0.1) is 11.3 Å². The summed E-state index contributed by atoms with van der Waals surface area (Å²) in [6.45, 7) is 2.00. The number of rotatable bonds is 2. The van der Waals surface area contributed by atoms with Crippen molar-refractivity contribution in [3.63, 3.8) is 0 Å². The van der Waals surface area contributed by atoms with E-state index in [-0.39, 0.29) is 13.1 Å². The minimum Gasteiger partial charge on any atom is -0.332 e. The molecule has 2 heterocycles. The smallest absolute Gasteiger partial charge is 0.332 e. The van der Waals surface area contributed by atoms with Gasteiger partial charge in [0.05, 0.1) is 0 Å². The van der Waals surface area contributed by atoms with E-state index in [0.29, 0.717) is 13.1 Å². The van der Waals surface area contributed by atoms with Crippen LogP contribution < -0.4 is 0 Å². The molecule has 0 aliphatic carbocycles. The third kappa shape index (κ3) is 3.23. The van der Waals surface area contributed by atoms with Gasteiger partial charge in [-0.1, -0.05) is 6.07 Å². The molecule has 2 rings (SSSR count). The fourth-order valence-corrected chi connectivity index (χ4v) is 2.66. The molecule has 1 saturated heterocycles. The van der Waals surface area contributed by atoms with E-state index < -0.39 is 12.1 Å². The molecule has 0 aromatic carbocycles. The summed E-state index contributed by atoms with van der Waals surface area (Å²) in [5.41, 5.74) is 0. The maximum absolute atomic E-state index is 12.2. The Kier molecular flexibility index (Phi) is 3.91. The Morgan fingerprint density at radius 1 is 1.28 bits per heavy atom. The Bertz CT molecular complexity index is 397. The van der Waals surface area contributed by atoms with Gasteiger partial charge in [0.15, 0.2) is 0 Å². The Morgan fingerprint density at radius 3 is 2.44 bits per heavy atom. The molecule has 1 amide bonds. The van der Waals surface area contributed by atoms with Gasteiger partial charge in [-0.05, 0) is 11.4 Å². The zero-order valence-corrected chi connectivity index (χ0v) is 10.4. The molecule has 18 heavy (non-hydrogen) atoms. The lowest BCUT2D eigenvalue weighted by atomic mass is 10.3. The molecular weight excluding hydrogens is 265 g/mol. The van der Waals surface area contributed by atoms with Gasteiger partial charge in [-0.25, -0.2) is 0 Å². The fourth-order valence-electron chi connectivity index (χ4n) is 1.91. The van der Waals surface area contributed by atoms with Crippen molar-refractivity contribution in [2.75, 3.05) is 26.2 Å². The average molecular weight is 278 g/mol. The number of thiophene rings is 1. The van der Waals surface area contributed by atoms with Crippen LogP contribution in [0.3, 0.4) is 0 Å². The average Bonchev–Trinajstić information content (AvgIpc) is 2.81. The first-order chi connectivity index (χ1) is 8.47. The van der Waals surface area contributed by atoms with Crippen molar-refractivity contribution in [3.05, 3.63) is 22.4 Å². The number of piperazine rings is 1. The number of carbonyl (C=O) groups is 1. The number of alkyl halides is 3.